The van der Waals surface area contributed by atoms with Crippen LogP contribution in [0, 0.1) is 5.41 Å². The molecule has 1 saturated carbocycles. The molecule has 1 amide bonds. The predicted molar refractivity (Wildman–Crippen MR) is 60.3 cm³/mol. The van der Waals surface area contributed by atoms with Crippen LogP contribution in [0.15, 0.2) is 0 Å². The van der Waals surface area contributed by atoms with Crippen molar-refractivity contribution in [3.05, 3.63) is 0 Å². The highest BCUT2D eigenvalue weighted by atomic mass is 16.6. The van der Waals surface area contributed by atoms with E-state index in [0.29, 0.717) is 0 Å². The van der Waals surface area contributed by atoms with Gasteiger partial charge in [-0.15, -0.1) is 0 Å². The van der Waals surface area contributed by atoms with Crippen molar-refractivity contribution in [3.63, 3.8) is 0 Å². The van der Waals surface area contributed by atoms with Crippen molar-refractivity contribution in [2.75, 3.05) is 13.2 Å². The number of nitrogens with one attached hydrogen (secondary N) is 1. The lowest BCUT2D eigenvalue weighted by Crippen LogP contribution is -2.37. The van der Waals surface area contributed by atoms with Crippen LogP contribution in [0.4, 0.5) is 4.79 Å². The van der Waals surface area contributed by atoms with Gasteiger partial charge in [-0.3, -0.25) is 0 Å². The molecule has 1 saturated heterocycles. The SMILES string of the molecule is CC(C)(C)OC(=O)NC1CC12CCCOC2. The summed E-state index contributed by atoms with van der Waals surface area (Å²) in [5.41, 5.74) is -0.204. The molecule has 2 aliphatic rings. The van der Waals surface area contributed by atoms with E-state index in [9.17, 15) is 4.79 Å². The van der Waals surface area contributed by atoms with E-state index in [0.717, 1.165) is 32.5 Å². The number of ether oxygens (including phenoxy) is 2. The van der Waals surface area contributed by atoms with Crippen molar-refractivity contribution < 1.29 is 14.3 Å². The average Bonchev–Trinajstić information content (AvgIpc) is 2.75. The van der Waals surface area contributed by atoms with E-state index in [4.69, 9.17) is 9.47 Å². The zero-order valence-electron chi connectivity index (χ0n) is 10.3. The highest BCUT2D eigenvalue weighted by Gasteiger charge is 2.55. The molecule has 0 aromatic carbocycles. The molecule has 92 valence electrons. The van der Waals surface area contributed by atoms with Crippen molar-refractivity contribution >= 4 is 6.09 Å². The number of amides is 1. The van der Waals surface area contributed by atoms with Crippen LogP contribution in [0.2, 0.25) is 0 Å². The van der Waals surface area contributed by atoms with Gasteiger partial charge >= 0.3 is 6.09 Å². The summed E-state index contributed by atoms with van der Waals surface area (Å²) < 4.78 is 10.7. The molecular formula is C12H21NO3. The van der Waals surface area contributed by atoms with Gasteiger partial charge in [0.15, 0.2) is 0 Å². The summed E-state index contributed by atoms with van der Waals surface area (Å²) >= 11 is 0. The van der Waals surface area contributed by atoms with Crippen LogP contribution in [-0.2, 0) is 9.47 Å². The summed E-state index contributed by atoms with van der Waals surface area (Å²) in [5, 5.41) is 2.93. The first-order valence-corrected chi connectivity index (χ1v) is 5.99. The zero-order valence-corrected chi connectivity index (χ0v) is 10.3. The first-order chi connectivity index (χ1) is 7.41. The minimum absolute atomic E-state index is 0.217. The quantitative estimate of drug-likeness (QED) is 0.746. The normalized spacial score (nSPS) is 33.6. The summed E-state index contributed by atoms with van der Waals surface area (Å²) in [6, 6.07) is 0.252. The Morgan fingerprint density at radius 2 is 2.25 bits per heavy atom. The second-order valence-electron chi connectivity index (χ2n) is 5.92. The number of alkyl carbamates (subject to hydrolysis) is 1. The van der Waals surface area contributed by atoms with Crippen LogP contribution in [0.5, 0.6) is 0 Å². The molecule has 1 heterocycles. The highest BCUT2D eigenvalue weighted by molar-refractivity contribution is 5.68. The van der Waals surface area contributed by atoms with E-state index in [1.807, 2.05) is 20.8 Å². The fraction of sp³-hybridized carbons (Fsp3) is 0.917. The second-order valence-corrected chi connectivity index (χ2v) is 5.92. The molecule has 0 aromatic rings. The van der Waals surface area contributed by atoms with E-state index in [2.05, 4.69) is 5.32 Å². The van der Waals surface area contributed by atoms with Gasteiger partial charge in [0.05, 0.1) is 6.61 Å². The standard InChI is InChI=1S/C12H21NO3/c1-11(2,3)16-10(14)13-9-7-12(9)5-4-6-15-8-12/h9H,4-8H2,1-3H3,(H,13,14). The number of carbonyl (C=O) groups excluding carboxylic acids is 1. The Morgan fingerprint density at radius 3 is 2.81 bits per heavy atom. The Morgan fingerprint density at radius 1 is 1.50 bits per heavy atom. The lowest BCUT2D eigenvalue weighted by Gasteiger charge is -2.24. The minimum atomic E-state index is -0.421. The molecule has 4 heteroatoms. The molecular weight excluding hydrogens is 206 g/mol. The maximum Gasteiger partial charge on any atom is 0.407 e. The third kappa shape index (κ3) is 2.67. The van der Waals surface area contributed by atoms with Gasteiger partial charge in [-0.2, -0.15) is 0 Å². The minimum Gasteiger partial charge on any atom is -0.444 e. The van der Waals surface area contributed by atoms with Gasteiger partial charge in [-0.05, 0) is 40.0 Å². The first-order valence-electron chi connectivity index (χ1n) is 5.99. The molecule has 2 atom stereocenters. The van der Waals surface area contributed by atoms with Crippen LogP contribution in [0.1, 0.15) is 40.0 Å². The van der Waals surface area contributed by atoms with Gasteiger partial charge in [-0.1, -0.05) is 0 Å². The van der Waals surface area contributed by atoms with Crippen LogP contribution in [0.3, 0.4) is 0 Å². The summed E-state index contributed by atoms with van der Waals surface area (Å²) in [7, 11) is 0. The van der Waals surface area contributed by atoms with Crippen LogP contribution >= 0.6 is 0 Å². The molecule has 0 bridgehead atoms. The number of carbonyl (C=O) groups is 1. The molecule has 1 aliphatic carbocycles. The molecule has 0 aromatic heterocycles. The van der Waals surface area contributed by atoms with Gasteiger partial charge < -0.3 is 14.8 Å². The van der Waals surface area contributed by atoms with E-state index < -0.39 is 5.60 Å². The highest BCUT2D eigenvalue weighted by Crippen LogP contribution is 2.51. The van der Waals surface area contributed by atoms with Gasteiger partial charge in [0.1, 0.15) is 5.60 Å². The molecule has 1 aliphatic heterocycles. The number of hydrogen-bond acceptors (Lipinski definition) is 3. The lowest BCUT2D eigenvalue weighted by atomic mass is 9.98. The number of hydrogen-bond donors (Lipinski definition) is 1. The molecule has 2 fully saturated rings. The maximum atomic E-state index is 11.6. The molecule has 0 radical (unpaired) electrons. The van der Waals surface area contributed by atoms with Gasteiger partial charge in [0, 0.05) is 18.1 Å². The van der Waals surface area contributed by atoms with E-state index >= 15 is 0 Å². The van der Waals surface area contributed by atoms with E-state index in [1.165, 1.54) is 0 Å². The van der Waals surface area contributed by atoms with Crippen LogP contribution in [-0.4, -0.2) is 30.9 Å². The van der Waals surface area contributed by atoms with Gasteiger partial charge in [-0.25, -0.2) is 4.79 Å². The van der Waals surface area contributed by atoms with Crippen LogP contribution in [0.25, 0.3) is 0 Å². The maximum absolute atomic E-state index is 11.6. The van der Waals surface area contributed by atoms with Crippen molar-refractivity contribution in [3.8, 4) is 0 Å². The summed E-state index contributed by atoms with van der Waals surface area (Å²) in [6.07, 6.45) is 2.99. The lowest BCUT2D eigenvalue weighted by molar-refractivity contribution is 0.0333. The fourth-order valence-electron chi connectivity index (χ4n) is 2.31. The third-order valence-corrected chi connectivity index (χ3v) is 3.23. The Kier molecular flexibility index (Phi) is 2.86. The molecule has 1 N–H and O–H groups in total. The van der Waals surface area contributed by atoms with Crippen molar-refractivity contribution in [2.24, 2.45) is 5.41 Å². The summed E-state index contributed by atoms with van der Waals surface area (Å²) in [6.45, 7) is 7.27. The monoisotopic (exact) mass is 227 g/mol. The zero-order chi connectivity index (χ0) is 11.8. The fourth-order valence-corrected chi connectivity index (χ4v) is 2.31. The van der Waals surface area contributed by atoms with Crippen molar-refractivity contribution in [1.82, 2.24) is 5.32 Å². The molecule has 1 spiro atoms. The summed E-state index contributed by atoms with van der Waals surface area (Å²) in [4.78, 5) is 11.6. The molecule has 2 unspecified atom stereocenters. The summed E-state index contributed by atoms with van der Waals surface area (Å²) in [5.74, 6) is 0. The predicted octanol–water partition coefficient (Wildman–Crippen LogP) is 2.08. The van der Waals surface area contributed by atoms with E-state index in [-0.39, 0.29) is 17.6 Å². The Bertz CT molecular complexity index is 276. The third-order valence-electron chi connectivity index (χ3n) is 3.23. The first kappa shape index (κ1) is 11.7. The van der Waals surface area contributed by atoms with Crippen molar-refractivity contribution in [2.45, 2.75) is 51.7 Å². The van der Waals surface area contributed by atoms with E-state index in [1.54, 1.807) is 0 Å². The Hall–Kier alpha value is -0.770. The molecule has 4 nitrogen and oxygen atoms in total. The smallest absolute Gasteiger partial charge is 0.407 e. The second kappa shape index (κ2) is 3.91. The largest absolute Gasteiger partial charge is 0.444 e. The van der Waals surface area contributed by atoms with Crippen molar-refractivity contribution in [1.29, 1.82) is 0 Å². The number of rotatable bonds is 1. The topological polar surface area (TPSA) is 47.6 Å². The average molecular weight is 227 g/mol. The molecule has 2 rings (SSSR count). The Labute approximate surface area is 96.7 Å². The van der Waals surface area contributed by atoms with Gasteiger partial charge in [0.2, 0.25) is 0 Å². The van der Waals surface area contributed by atoms with Crippen LogP contribution < -0.4 is 5.32 Å². The molecule has 16 heavy (non-hydrogen) atoms. The Balaban J connectivity index is 1.78. The van der Waals surface area contributed by atoms with Gasteiger partial charge in [0.25, 0.3) is 0 Å².